The number of aromatic nitrogens is 3. The molecule has 0 aliphatic carbocycles. The van der Waals surface area contributed by atoms with Crippen LogP contribution in [-0.2, 0) is 17.9 Å². The number of thioether (sulfide) groups is 1. The first-order chi connectivity index (χ1) is 14.6. The van der Waals surface area contributed by atoms with Crippen molar-refractivity contribution in [3.8, 4) is 5.75 Å². The molecule has 30 heavy (non-hydrogen) atoms. The Labute approximate surface area is 185 Å². The SMILES string of the molecule is CCOc1ccc(NC(=O)CSc2nnc(CNc3cccc(Cl)c3)n2CC)cc1. The molecule has 0 spiro atoms. The van der Waals surface area contributed by atoms with Gasteiger partial charge in [-0.1, -0.05) is 29.4 Å². The fraction of sp³-hybridized carbons (Fsp3) is 0.286. The predicted octanol–water partition coefficient (Wildman–Crippen LogP) is 4.69. The van der Waals surface area contributed by atoms with E-state index in [1.165, 1.54) is 11.8 Å². The summed E-state index contributed by atoms with van der Waals surface area (Å²) in [5.74, 6) is 1.72. The summed E-state index contributed by atoms with van der Waals surface area (Å²) in [5.41, 5.74) is 1.64. The van der Waals surface area contributed by atoms with Gasteiger partial charge < -0.3 is 19.9 Å². The number of anilines is 2. The third-order valence-electron chi connectivity index (χ3n) is 4.17. The number of hydrogen-bond donors (Lipinski definition) is 2. The van der Waals surface area contributed by atoms with Crippen molar-refractivity contribution >= 4 is 40.6 Å². The Kier molecular flexibility index (Phi) is 7.98. The summed E-state index contributed by atoms with van der Waals surface area (Å²) in [6.07, 6.45) is 0. The van der Waals surface area contributed by atoms with Crippen LogP contribution in [0.4, 0.5) is 11.4 Å². The summed E-state index contributed by atoms with van der Waals surface area (Å²) in [5, 5.41) is 16.1. The fourth-order valence-corrected chi connectivity index (χ4v) is 3.79. The van der Waals surface area contributed by atoms with Crippen LogP contribution in [0.3, 0.4) is 0 Å². The molecular formula is C21H24ClN5O2S. The van der Waals surface area contributed by atoms with Crippen molar-refractivity contribution in [1.29, 1.82) is 0 Å². The van der Waals surface area contributed by atoms with E-state index in [2.05, 4.69) is 20.8 Å². The van der Waals surface area contributed by atoms with Crippen molar-refractivity contribution in [1.82, 2.24) is 14.8 Å². The quantitative estimate of drug-likeness (QED) is 0.440. The van der Waals surface area contributed by atoms with Crippen LogP contribution in [0.25, 0.3) is 0 Å². The number of amides is 1. The Morgan fingerprint density at radius 1 is 1.13 bits per heavy atom. The van der Waals surface area contributed by atoms with Gasteiger partial charge in [0.05, 0.1) is 18.9 Å². The second-order valence-electron chi connectivity index (χ2n) is 6.30. The van der Waals surface area contributed by atoms with Crippen LogP contribution in [0.5, 0.6) is 5.75 Å². The predicted molar refractivity (Wildman–Crippen MR) is 121 cm³/mol. The van der Waals surface area contributed by atoms with E-state index in [1.54, 1.807) is 0 Å². The lowest BCUT2D eigenvalue weighted by atomic mass is 10.3. The van der Waals surface area contributed by atoms with Crippen LogP contribution >= 0.6 is 23.4 Å². The van der Waals surface area contributed by atoms with Gasteiger partial charge in [0.2, 0.25) is 5.91 Å². The summed E-state index contributed by atoms with van der Waals surface area (Å²) in [6, 6.07) is 14.8. The largest absolute Gasteiger partial charge is 0.494 e. The van der Waals surface area contributed by atoms with Gasteiger partial charge >= 0.3 is 0 Å². The van der Waals surface area contributed by atoms with Crippen LogP contribution in [0.15, 0.2) is 53.7 Å². The van der Waals surface area contributed by atoms with Gasteiger partial charge in [0.1, 0.15) is 5.75 Å². The summed E-state index contributed by atoms with van der Waals surface area (Å²) >= 11 is 7.38. The zero-order chi connectivity index (χ0) is 21.3. The average Bonchev–Trinajstić information content (AvgIpc) is 3.14. The third kappa shape index (κ3) is 6.14. The number of halogens is 1. The van der Waals surface area contributed by atoms with Crippen LogP contribution in [0.2, 0.25) is 5.02 Å². The maximum Gasteiger partial charge on any atom is 0.234 e. The van der Waals surface area contributed by atoms with E-state index < -0.39 is 0 Å². The van der Waals surface area contributed by atoms with Crippen LogP contribution in [0, 0.1) is 0 Å². The first-order valence-electron chi connectivity index (χ1n) is 9.66. The molecule has 3 rings (SSSR count). The Morgan fingerprint density at radius 2 is 1.93 bits per heavy atom. The number of carbonyl (C=O) groups excluding carboxylic acids is 1. The molecule has 3 aromatic rings. The zero-order valence-corrected chi connectivity index (χ0v) is 18.5. The molecule has 0 radical (unpaired) electrons. The van der Waals surface area contributed by atoms with Crippen LogP contribution in [-0.4, -0.2) is 33.0 Å². The molecule has 0 atom stereocenters. The summed E-state index contributed by atoms with van der Waals surface area (Å²) in [4.78, 5) is 12.3. The minimum atomic E-state index is -0.103. The minimum absolute atomic E-state index is 0.103. The molecular weight excluding hydrogens is 422 g/mol. The highest BCUT2D eigenvalue weighted by molar-refractivity contribution is 7.99. The van der Waals surface area contributed by atoms with Gasteiger partial charge in [0, 0.05) is 22.9 Å². The van der Waals surface area contributed by atoms with E-state index in [4.69, 9.17) is 16.3 Å². The molecule has 0 saturated heterocycles. The molecule has 1 aromatic heterocycles. The lowest BCUT2D eigenvalue weighted by molar-refractivity contribution is -0.113. The molecule has 2 N–H and O–H groups in total. The molecule has 0 fully saturated rings. The van der Waals surface area contributed by atoms with Gasteiger partial charge in [-0.05, 0) is 56.3 Å². The van der Waals surface area contributed by atoms with Gasteiger partial charge in [0.15, 0.2) is 11.0 Å². The molecule has 0 aliphatic rings. The molecule has 0 bridgehead atoms. The minimum Gasteiger partial charge on any atom is -0.494 e. The van der Waals surface area contributed by atoms with Crippen molar-refractivity contribution < 1.29 is 9.53 Å². The normalized spacial score (nSPS) is 10.6. The smallest absolute Gasteiger partial charge is 0.234 e. The highest BCUT2D eigenvalue weighted by atomic mass is 35.5. The average molecular weight is 446 g/mol. The second kappa shape index (κ2) is 10.9. The number of carbonyl (C=O) groups is 1. The number of ether oxygens (including phenoxy) is 1. The number of benzene rings is 2. The number of nitrogens with one attached hydrogen (secondary N) is 2. The molecule has 1 amide bonds. The first kappa shape index (κ1) is 22.0. The Morgan fingerprint density at radius 3 is 2.63 bits per heavy atom. The number of hydrogen-bond acceptors (Lipinski definition) is 6. The first-order valence-corrected chi connectivity index (χ1v) is 11.0. The van der Waals surface area contributed by atoms with Crippen LogP contribution < -0.4 is 15.4 Å². The zero-order valence-electron chi connectivity index (χ0n) is 16.9. The summed E-state index contributed by atoms with van der Waals surface area (Å²) in [6.45, 7) is 5.79. The molecule has 1 heterocycles. The van der Waals surface area contributed by atoms with Crippen LogP contribution in [0.1, 0.15) is 19.7 Å². The van der Waals surface area contributed by atoms with Crippen molar-refractivity contribution in [3.05, 3.63) is 59.4 Å². The molecule has 2 aromatic carbocycles. The molecule has 158 valence electrons. The van der Waals surface area contributed by atoms with E-state index in [-0.39, 0.29) is 11.7 Å². The third-order valence-corrected chi connectivity index (χ3v) is 5.37. The van der Waals surface area contributed by atoms with Gasteiger partial charge in [-0.3, -0.25) is 4.79 Å². The van der Waals surface area contributed by atoms with E-state index in [0.717, 1.165) is 22.9 Å². The lowest BCUT2D eigenvalue weighted by Gasteiger charge is -2.10. The van der Waals surface area contributed by atoms with Gasteiger partial charge in [-0.2, -0.15) is 0 Å². The fourth-order valence-electron chi connectivity index (χ4n) is 2.78. The molecule has 0 unspecified atom stereocenters. The number of rotatable bonds is 10. The van der Waals surface area contributed by atoms with Crippen molar-refractivity contribution in [3.63, 3.8) is 0 Å². The van der Waals surface area contributed by atoms with Crippen molar-refractivity contribution in [2.75, 3.05) is 23.0 Å². The van der Waals surface area contributed by atoms with E-state index >= 15 is 0 Å². The number of nitrogens with zero attached hydrogens (tertiary/aromatic N) is 3. The molecule has 7 nitrogen and oxygen atoms in total. The van der Waals surface area contributed by atoms with Gasteiger partial charge in [0.25, 0.3) is 0 Å². The molecule has 0 aliphatic heterocycles. The molecule has 0 saturated carbocycles. The van der Waals surface area contributed by atoms with E-state index in [1.807, 2.05) is 66.9 Å². The monoisotopic (exact) mass is 445 g/mol. The standard InChI is InChI=1S/C21H24ClN5O2S/c1-3-27-19(13-23-17-7-5-6-15(22)12-17)25-26-21(27)30-14-20(28)24-16-8-10-18(11-9-16)29-4-2/h5-12,23H,3-4,13-14H2,1-2H3,(H,24,28). The highest BCUT2D eigenvalue weighted by Crippen LogP contribution is 2.20. The summed E-state index contributed by atoms with van der Waals surface area (Å²) in [7, 11) is 0. The Balaban J connectivity index is 1.54. The second-order valence-corrected chi connectivity index (χ2v) is 7.68. The Hall–Kier alpha value is -2.71. The van der Waals surface area contributed by atoms with Crippen molar-refractivity contribution in [2.45, 2.75) is 32.1 Å². The molecule has 9 heteroatoms. The van der Waals surface area contributed by atoms with Crippen molar-refractivity contribution in [2.24, 2.45) is 0 Å². The van der Waals surface area contributed by atoms with Gasteiger partial charge in [-0.25, -0.2) is 0 Å². The maximum atomic E-state index is 12.3. The summed E-state index contributed by atoms with van der Waals surface area (Å²) < 4.78 is 7.40. The topological polar surface area (TPSA) is 81.1 Å². The van der Waals surface area contributed by atoms with E-state index in [9.17, 15) is 4.79 Å². The highest BCUT2D eigenvalue weighted by Gasteiger charge is 2.13. The Bertz CT molecular complexity index is 978. The van der Waals surface area contributed by atoms with Gasteiger partial charge in [-0.15, -0.1) is 10.2 Å². The van der Waals surface area contributed by atoms with E-state index in [0.29, 0.717) is 29.9 Å². The maximum absolute atomic E-state index is 12.3. The lowest BCUT2D eigenvalue weighted by Crippen LogP contribution is -2.15.